The number of phenols is 1. The average Bonchev–Trinajstić information content (AvgIpc) is 3.35. The fourth-order valence-corrected chi connectivity index (χ4v) is 4.96. The molecule has 0 spiro atoms. The van der Waals surface area contributed by atoms with Crippen LogP contribution in [0.15, 0.2) is 24.3 Å². The fraction of sp³-hybridized carbons (Fsp3) is 0.583. The molecule has 3 amide bonds. The van der Waals surface area contributed by atoms with Gasteiger partial charge in [-0.15, -0.1) is 0 Å². The minimum absolute atomic E-state index is 0.114. The predicted molar refractivity (Wildman–Crippen MR) is 142 cm³/mol. The zero-order valence-electron chi connectivity index (χ0n) is 20.6. The molecule has 6 N–H and O–H groups in total. The summed E-state index contributed by atoms with van der Waals surface area (Å²) in [6.07, 6.45) is 5.68. The normalized spacial score (nSPS) is 17.8. The summed E-state index contributed by atoms with van der Waals surface area (Å²) in [6.45, 7) is 0.352. The number of rotatable bonds is 14. The van der Waals surface area contributed by atoms with Gasteiger partial charge in [0, 0.05) is 6.54 Å². The fourth-order valence-electron chi connectivity index (χ4n) is 4.01. The minimum Gasteiger partial charge on any atom is -0.508 e. The highest BCUT2D eigenvalue weighted by Gasteiger charge is 2.39. The van der Waals surface area contributed by atoms with Gasteiger partial charge in [0.1, 0.15) is 23.9 Å². The second-order valence-corrected chi connectivity index (χ2v) is 10.7. The van der Waals surface area contributed by atoms with Crippen molar-refractivity contribution in [2.75, 3.05) is 30.6 Å². The molecule has 0 aromatic heterocycles. The van der Waals surface area contributed by atoms with Crippen molar-refractivity contribution in [1.29, 1.82) is 0 Å². The predicted octanol–water partition coefficient (Wildman–Crippen LogP) is 0.813. The first-order valence-electron chi connectivity index (χ1n) is 11.8. The van der Waals surface area contributed by atoms with Crippen LogP contribution in [0.4, 0.5) is 0 Å². The summed E-state index contributed by atoms with van der Waals surface area (Å²) < 4.78 is 0. The Morgan fingerprint density at radius 2 is 1.67 bits per heavy atom. The standard InChI is InChI=1S/C24H36N4O6S2/c1-35-12-9-18(26-21(30)17(25)14-15-5-7-16(29)8-6-15)23(32)28-11-3-4-20(28)22(31)27-19(24(33)34)10-13-36-2/h5-8,17-20,29H,3-4,9-14,25H2,1-2H3,(H,26,30)(H,27,31)(H,33,34). The monoisotopic (exact) mass is 540 g/mol. The molecule has 4 unspecified atom stereocenters. The molecule has 1 aromatic rings. The molecule has 36 heavy (non-hydrogen) atoms. The number of carboxylic acids is 1. The number of carbonyl (C=O) groups is 4. The first-order chi connectivity index (χ1) is 17.2. The van der Waals surface area contributed by atoms with E-state index in [1.807, 2.05) is 12.5 Å². The highest BCUT2D eigenvalue weighted by molar-refractivity contribution is 7.98. The Kier molecular flexibility index (Phi) is 12.4. The van der Waals surface area contributed by atoms with E-state index in [9.17, 15) is 29.4 Å². The Hall–Kier alpha value is -2.44. The molecule has 12 heteroatoms. The molecule has 4 atom stereocenters. The third-order valence-electron chi connectivity index (χ3n) is 6.02. The zero-order valence-corrected chi connectivity index (χ0v) is 22.3. The molecule has 1 saturated heterocycles. The lowest BCUT2D eigenvalue weighted by molar-refractivity contribution is -0.145. The van der Waals surface area contributed by atoms with Crippen LogP contribution in [0.25, 0.3) is 0 Å². The third-order valence-corrected chi connectivity index (χ3v) is 7.31. The molecular formula is C24H36N4O6S2. The van der Waals surface area contributed by atoms with Crippen LogP contribution in [-0.2, 0) is 25.6 Å². The largest absolute Gasteiger partial charge is 0.508 e. The number of carboxylic acid groups (broad SMARTS) is 1. The second-order valence-electron chi connectivity index (χ2n) is 8.69. The Morgan fingerprint density at radius 3 is 2.25 bits per heavy atom. The van der Waals surface area contributed by atoms with Crippen molar-refractivity contribution in [3.05, 3.63) is 29.8 Å². The van der Waals surface area contributed by atoms with Gasteiger partial charge >= 0.3 is 5.97 Å². The molecule has 0 saturated carbocycles. The van der Waals surface area contributed by atoms with Gasteiger partial charge in [0.2, 0.25) is 17.7 Å². The highest BCUT2D eigenvalue weighted by atomic mass is 32.2. The molecule has 10 nitrogen and oxygen atoms in total. The van der Waals surface area contributed by atoms with Gasteiger partial charge in [-0.2, -0.15) is 23.5 Å². The van der Waals surface area contributed by atoms with Crippen LogP contribution in [0.2, 0.25) is 0 Å². The maximum Gasteiger partial charge on any atom is 0.326 e. The lowest BCUT2D eigenvalue weighted by atomic mass is 10.0. The molecule has 0 bridgehead atoms. The zero-order chi connectivity index (χ0) is 26.7. The van der Waals surface area contributed by atoms with E-state index in [0.717, 1.165) is 5.56 Å². The number of phenolic OH excluding ortho intramolecular Hbond substituents is 1. The van der Waals surface area contributed by atoms with E-state index in [0.29, 0.717) is 37.3 Å². The van der Waals surface area contributed by atoms with Crippen LogP contribution < -0.4 is 16.4 Å². The Morgan fingerprint density at radius 1 is 1.06 bits per heavy atom. The molecule has 2 rings (SSSR count). The lowest BCUT2D eigenvalue weighted by Gasteiger charge is -2.30. The number of nitrogens with two attached hydrogens (primary N) is 1. The van der Waals surface area contributed by atoms with E-state index in [2.05, 4.69) is 10.6 Å². The van der Waals surface area contributed by atoms with Crippen molar-refractivity contribution in [2.45, 2.75) is 56.3 Å². The topological polar surface area (TPSA) is 162 Å². The first kappa shape index (κ1) is 29.8. The summed E-state index contributed by atoms with van der Waals surface area (Å²) in [5.74, 6) is -1.15. The molecule has 1 aromatic carbocycles. The summed E-state index contributed by atoms with van der Waals surface area (Å²) in [7, 11) is 0. The molecule has 0 aliphatic carbocycles. The Balaban J connectivity index is 2.07. The second kappa shape index (κ2) is 15.0. The number of hydrogen-bond donors (Lipinski definition) is 5. The van der Waals surface area contributed by atoms with E-state index < -0.39 is 42.0 Å². The van der Waals surface area contributed by atoms with Crippen LogP contribution >= 0.6 is 23.5 Å². The van der Waals surface area contributed by atoms with Gasteiger partial charge < -0.3 is 31.5 Å². The van der Waals surface area contributed by atoms with Crippen molar-refractivity contribution in [3.8, 4) is 5.75 Å². The van der Waals surface area contributed by atoms with Crippen LogP contribution in [-0.4, -0.2) is 93.5 Å². The summed E-state index contributed by atoms with van der Waals surface area (Å²) in [5.41, 5.74) is 6.86. The molecule has 1 aliphatic heterocycles. The summed E-state index contributed by atoms with van der Waals surface area (Å²) in [5, 5.41) is 24.2. The molecule has 1 fully saturated rings. The molecule has 1 heterocycles. The van der Waals surface area contributed by atoms with Crippen molar-refractivity contribution < 1.29 is 29.4 Å². The van der Waals surface area contributed by atoms with Crippen molar-refractivity contribution in [2.24, 2.45) is 5.73 Å². The summed E-state index contributed by atoms with van der Waals surface area (Å²) >= 11 is 3.02. The Bertz CT molecular complexity index is 901. The van der Waals surface area contributed by atoms with E-state index in [1.54, 1.807) is 12.1 Å². The average molecular weight is 541 g/mol. The van der Waals surface area contributed by atoms with Gasteiger partial charge in [-0.25, -0.2) is 4.79 Å². The number of benzene rings is 1. The number of aliphatic carboxylic acids is 1. The molecule has 1 aliphatic rings. The SMILES string of the molecule is CSCCC(NC(=O)C1CCCN1C(=O)C(CCSC)NC(=O)C(N)Cc1ccc(O)cc1)C(=O)O. The number of carbonyl (C=O) groups excluding carboxylic acids is 3. The van der Waals surface area contributed by atoms with Gasteiger partial charge in [0.05, 0.1) is 6.04 Å². The van der Waals surface area contributed by atoms with Gasteiger partial charge in [0.15, 0.2) is 0 Å². The van der Waals surface area contributed by atoms with E-state index in [-0.39, 0.29) is 24.5 Å². The maximum absolute atomic E-state index is 13.4. The van der Waals surface area contributed by atoms with E-state index in [1.165, 1.54) is 40.6 Å². The third kappa shape index (κ3) is 8.90. The van der Waals surface area contributed by atoms with Crippen molar-refractivity contribution in [1.82, 2.24) is 15.5 Å². The van der Waals surface area contributed by atoms with Crippen LogP contribution in [0.1, 0.15) is 31.2 Å². The smallest absolute Gasteiger partial charge is 0.326 e. The van der Waals surface area contributed by atoms with Gasteiger partial charge in [-0.05, 0) is 73.8 Å². The van der Waals surface area contributed by atoms with E-state index >= 15 is 0 Å². The number of likely N-dealkylation sites (tertiary alicyclic amines) is 1. The van der Waals surface area contributed by atoms with Crippen LogP contribution in [0, 0.1) is 0 Å². The number of aromatic hydroxyl groups is 1. The lowest BCUT2D eigenvalue weighted by Crippen LogP contribution is -2.57. The Labute approximate surface area is 220 Å². The highest BCUT2D eigenvalue weighted by Crippen LogP contribution is 2.20. The number of thioether (sulfide) groups is 2. The number of nitrogens with zero attached hydrogens (tertiary/aromatic N) is 1. The molecular weight excluding hydrogens is 504 g/mol. The van der Waals surface area contributed by atoms with Crippen LogP contribution in [0.5, 0.6) is 5.75 Å². The summed E-state index contributed by atoms with van der Waals surface area (Å²) in [4.78, 5) is 52.2. The van der Waals surface area contributed by atoms with Crippen molar-refractivity contribution in [3.63, 3.8) is 0 Å². The number of nitrogens with one attached hydrogen (secondary N) is 2. The number of amides is 3. The summed E-state index contributed by atoms with van der Waals surface area (Å²) in [6, 6.07) is 2.82. The molecule has 200 valence electrons. The molecule has 0 radical (unpaired) electrons. The van der Waals surface area contributed by atoms with E-state index in [4.69, 9.17) is 5.73 Å². The van der Waals surface area contributed by atoms with Gasteiger partial charge in [-0.1, -0.05) is 12.1 Å². The quantitative estimate of drug-likeness (QED) is 0.230. The number of hydrogen-bond acceptors (Lipinski definition) is 8. The van der Waals surface area contributed by atoms with Gasteiger partial charge in [0.25, 0.3) is 0 Å². The van der Waals surface area contributed by atoms with Crippen molar-refractivity contribution >= 4 is 47.2 Å². The minimum atomic E-state index is -1.11. The van der Waals surface area contributed by atoms with Gasteiger partial charge in [-0.3, -0.25) is 14.4 Å². The van der Waals surface area contributed by atoms with Crippen LogP contribution in [0.3, 0.4) is 0 Å². The maximum atomic E-state index is 13.4. The first-order valence-corrected chi connectivity index (χ1v) is 14.6.